The van der Waals surface area contributed by atoms with Gasteiger partial charge in [0.1, 0.15) is 0 Å². The average molecular weight is 337 g/mol. The number of amides is 1. The maximum absolute atomic E-state index is 12.2. The van der Waals surface area contributed by atoms with E-state index in [1.165, 1.54) is 0 Å². The number of fused-ring (bicyclic) bond motifs is 1. The molecule has 1 atom stereocenters. The first-order valence-corrected chi connectivity index (χ1v) is 8.64. The molecule has 0 aliphatic heterocycles. The summed E-state index contributed by atoms with van der Waals surface area (Å²) in [5, 5.41) is 2.97. The largest absolute Gasteiger partial charge is 0.356 e. The third-order valence-electron chi connectivity index (χ3n) is 4.37. The number of hydrogen-bond acceptors (Lipinski definition) is 2. The van der Waals surface area contributed by atoms with Gasteiger partial charge in [-0.3, -0.25) is 9.36 Å². The molecule has 3 rings (SSSR count). The van der Waals surface area contributed by atoms with Gasteiger partial charge in [0.05, 0.1) is 11.0 Å². The van der Waals surface area contributed by atoms with Gasteiger partial charge in [-0.05, 0) is 30.5 Å². The molecule has 0 aliphatic rings. The number of nitrogens with zero attached hydrogens (tertiary/aromatic N) is 1. The van der Waals surface area contributed by atoms with Crippen molar-refractivity contribution in [2.75, 3.05) is 6.54 Å². The molecule has 2 aromatic carbocycles. The summed E-state index contributed by atoms with van der Waals surface area (Å²) in [6, 6.07) is 17.6. The highest BCUT2D eigenvalue weighted by atomic mass is 16.2. The Hall–Kier alpha value is -2.82. The number of nitrogens with one attached hydrogen (secondary N) is 2. The van der Waals surface area contributed by atoms with Crippen LogP contribution in [-0.2, 0) is 17.8 Å². The highest BCUT2D eigenvalue weighted by Gasteiger charge is 2.13. The van der Waals surface area contributed by atoms with Crippen LogP contribution < -0.4 is 11.0 Å². The molecule has 1 aromatic heterocycles. The van der Waals surface area contributed by atoms with Crippen LogP contribution >= 0.6 is 0 Å². The molecule has 0 radical (unpaired) electrons. The summed E-state index contributed by atoms with van der Waals surface area (Å²) < 4.78 is 1.72. The summed E-state index contributed by atoms with van der Waals surface area (Å²) in [6.07, 6.45) is 1.44. The topological polar surface area (TPSA) is 66.9 Å². The fourth-order valence-electron chi connectivity index (χ4n) is 3.01. The van der Waals surface area contributed by atoms with Crippen molar-refractivity contribution in [1.82, 2.24) is 14.9 Å². The molecule has 0 bridgehead atoms. The minimum absolute atomic E-state index is 0.0510. The van der Waals surface area contributed by atoms with Crippen molar-refractivity contribution in [2.45, 2.75) is 26.3 Å². The van der Waals surface area contributed by atoms with Crippen molar-refractivity contribution in [2.24, 2.45) is 5.92 Å². The lowest BCUT2D eigenvalue weighted by molar-refractivity contribution is -0.124. The Morgan fingerprint density at radius 1 is 1.12 bits per heavy atom. The van der Waals surface area contributed by atoms with Crippen molar-refractivity contribution >= 4 is 16.9 Å². The smallest absolute Gasteiger partial charge is 0.326 e. The highest BCUT2D eigenvalue weighted by molar-refractivity contribution is 5.78. The first kappa shape index (κ1) is 17.0. The lowest BCUT2D eigenvalue weighted by Gasteiger charge is -2.12. The molecule has 1 amide bonds. The number of benzene rings is 2. The van der Waals surface area contributed by atoms with Crippen LogP contribution in [0.15, 0.2) is 59.4 Å². The average Bonchev–Trinajstić information content (AvgIpc) is 2.94. The van der Waals surface area contributed by atoms with Gasteiger partial charge in [0.2, 0.25) is 5.91 Å². The highest BCUT2D eigenvalue weighted by Crippen LogP contribution is 2.10. The Kier molecular flexibility index (Phi) is 5.33. The van der Waals surface area contributed by atoms with Gasteiger partial charge >= 0.3 is 5.69 Å². The third kappa shape index (κ3) is 4.18. The maximum atomic E-state index is 12.2. The van der Waals surface area contributed by atoms with Crippen LogP contribution in [0.3, 0.4) is 0 Å². The number of rotatable bonds is 7. The Balaban J connectivity index is 1.48. The van der Waals surface area contributed by atoms with Gasteiger partial charge < -0.3 is 10.3 Å². The molecule has 0 aliphatic carbocycles. The van der Waals surface area contributed by atoms with Gasteiger partial charge in [0, 0.05) is 19.0 Å². The zero-order chi connectivity index (χ0) is 17.6. The van der Waals surface area contributed by atoms with E-state index in [1.807, 2.05) is 61.5 Å². The Bertz CT molecular complexity index is 896. The van der Waals surface area contributed by atoms with E-state index >= 15 is 0 Å². The predicted octanol–water partition coefficient (Wildman–Crippen LogP) is 2.71. The lowest BCUT2D eigenvalue weighted by atomic mass is 10.0. The van der Waals surface area contributed by atoms with E-state index in [9.17, 15) is 9.59 Å². The molecular weight excluding hydrogens is 314 g/mol. The van der Waals surface area contributed by atoms with E-state index in [1.54, 1.807) is 4.57 Å². The second-order valence-electron chi connectivity index (χ2n) is 6.33. The van der Waals surface area contributed by atoms with Gasteiger partial charge in [-0.1, -0.05) is 49.4 Å². The van der Waals surface area contributed by atoms with Crippen LogP contribution in [0.25, 0.3) is 11.0 Å². The number of carbonyl (C=O) groups is 1. The number of H-pyrrole nitrogens is 1. The summed E-state index contributed by atoms with van der Waals surface area (Å²) in [7, 11) is 0. The number of aromatic nitrogens is 2. The van der Waals surface area contributed by atoms with Gasteiger partial charge in [0.25, 0.3) is 0 Å². The zero-order valence-corrected chi connectivity index (χ0v) is 14.4. The molecule has 25 heavy (non-hydrogen) atoms. The molecule has 5 heteroatoms. The molecular formula is C20H23N3O2. The van der Waals surface area contributed by atoms with Gasteiger partial charge in [-0.25, -0.2) is 4.79 Å². The summed E-state index contributed by atoms with van der Waals surface area (Å²) in [5.74, 6) is -0.0201. The molecule has 0 fully saturated rings. The van der Waals surface area contributed by atoms with Crippen LogP contribution in [0.1, 0.15) is 18.9 Å². The molecule has 130 valence electrons. The minimum Gasteiger partial charge on any atom is -0.356 e. The number of carbonyl (C=O) groups excluding carboxylic acids is 1. The summed E-state index contributed by atoms with van der Waals surface area (Å²) >= 11 is 0. The monoisotopic (exact) mass is 337 g/mol. The number of aryl methyl sites for hydroxylation is 1. The van der Waals surface area contributed by atoms with Crippen molar-refractivity contribution in [3.05, 3.63) is 70.6 Å². The fourth-order valence-corrected chi connectivity index (χ4v) is 3.01. The molecule has 1 unspecified atom stereocenters. The van der Waals surface area contributed by atoms with E-state index in [4.69, 9.17) is 0 Å². The van der Waals surface area contributed by atoms with Gasteiger partial charge in [-0.15, -0.1) is 0 Å². The summed E-state index contributed by atoms with van der Waals surface area (Å²) in [5.41, 5.74) is 2.80. The van der Waals surface area contributed by atoms with Crippen LogP contribution in [0.5, 0.6) is 0 Å². The van der Waals surface area contributed by atoms with Crippen LogP contribution in [0.2, 0.25) is 0 Å². The second kappa shape index (κ2) is 7.83. The molecule has 5 nitrogen and oxygen atoms in total. The molecule has 1 heterocycles. The normalized spacial score (nSPS) is 12.2. The zero-order valence-electron chi connectivity index (χ0n) is 14.4. The van der Waals surface area contributed by atoms with Gasteiger partial charge in [-0.2, -0.15) is 0 Å². The molecule has 2 N–H and O–H groups in total. The van der Waals surface area contributed by atoms with Crippen molar-refractivity contribution in [1.29, 1.82) is 0 Å². The Labute approximate surface area is 146 Å². The van der Waals surface area contributed by atoms with Crippen LogP contribution in [0.4, 0.5) is 0 Å². The fraction of sp³-hybridized carbons (Fsp3) is 0.300. The number of imidazole rings is 1. The minimum atomic E-state index is -0.107. The number of aromatic amines is 1. The van der Waals surface area contributed by atoms with Crippen molar-refractivity contribution in [3.63, 3.8) is 0 Å². The maximum Gasteiger partial charge on any atom is 0.326 e. The lowest BCUT2D eigenvalue weighted by Crippen LogP contribution is -2.32. The number of hydrogen-bond donors (Lipinski definition) is 2. The Morgan fingerprint density at radius 3 is 2.64 bits per heavy atom. The molecule has 0 saturated heterocycles. The third-order valence-corrected chi connectivity index (χ3v) is 4.37. The van der Waals surface area contributed by atoms with Crippen molar-refractivity contribution in [3.8, 4) is 0 Å². The molecule has 0 spiro atoms. The van der Waals surface area contributed by atoms with Crippen LogP contribution in [-0.4, -0.2) is 22.0 Å². The quantitative estimate of drug-likeness (QED) is 0.651. The van der Waals surface area contributed by atoms with E-state index < -0.39 is 0 Å². The SMILES string of the molecule is CC(Cc1ccccc1)C(=O)NCCCn1c(=O)[nH]c2ccccc21. The standard InChI is InChI=1S/C20H23N3O2/c1-15(14-16-8-3-2-4-9-16)19(24)21-12-7-13-23-18-11-6-5-10-17(18)22-20(23)25/h2-6,8-11,15H,7,12-14H2,1H3,(H,21,24)(H,22,25). The predicted molar refractivity (Wildman–Crippen MR) is 99.5 cm³/mol. The van der Waals surface area contributed by atoms with E-state index in [2.05, 4.69) is 10.3 Å². The second-order valence-corrected chi connectivity index (χ2v) is 6.33. The number of para-hydroxylation sites is 2. The summed E-state index contributed by atoms with van der Waals surface area (Å²) in [4.78, 5) is 27.0. The van der Waals surface area contributed by atoms with Crippen molar-refractivity contribution < 1.29 is 4.79 Å². The van der Waals surface area contributed by atoms with E-state index in [0.29, 0.717) is 19.5 Å². The van der Waals surface area contributed by atoms with Gasteiger partial charge in [0.15, 0.2) is 0 Å². The summed E-state index contributed by atoms with van der Waals surface area (Å²) in [6.45, 7) is 3.08. The first-order chi connectivity index (χ1) is 12.1. The first-order valence-electron chi connectivity index (χ1n) is 8.64. The molecule has 3 aromatic rings. The Morgan fingerprint density at radius 2 is 1.84 bits per heavy atom. The molecule has 0 saturated carbocycles. The van der Waals surface area contributed by atoms with Crippen LogP contribution in [0, 0.1) is 5.92 Å². The van der Waals surface area contributed by atoms with E-state index in [0.717, 1.165) is 23.0 Å². The van der Waals surface area contributed by atoms with E-state index in [-0.39, 0.29) is 17.5 Å².